The molecule has 2 N–H and O–H groups in total. The minimum atomic E-state index is 0.245. The van der Waals surface area contributed by atoms with Crippen LogP contribution in [0.4, 0.5) is 0 Å². The van der Waals surface area contributed by atoms with Crippen LogP contribution >= 0.6 is 0 Å². The maximum absolute atomic E-state index is 13.0. The highest BCUT2D eigenvalue weighted by Gasteiger charge is 2.42. The number of fused-ring (bicyclic) bond motifs is 2. The summed E-state index contributed by atoms with van der Waals surface area (Å²) in [6.45, 7) is 4.71. The molecule has 0 saturated heterocycles. The van der Waals surface area contributed by atoms with E-state index in [2.05, 4.69) is 25.8 Å². The summed E-state index contributed by atoms with van der Waals surface area (Å²) >= 11 is 0. The average molecular weight is 306 g/mol. The third-order valence-electron chi connectivity index (χ3n) is 6.97. The van der Waals surface area contributed by atoms with Crippen molar-refractivity contribution < 1.29 is 4.79 Å². The Hall–Kier alpha value is -0.570. The first kappa shape index (κ1) is 16.3. The van der Waals surface area contributed by atoms with Gasteiger partial charge in [0.15, 0.2) is 0 Å². The maximum Gasteiger partial charge on any atom is 0.225 e. The van der Waals surface area contributed by atoms with Gasteiger partial charge in [-0.2, -0.15) is 0 Å². The van der Waals surface area contributed by atoms with E-state index in [1.807, 2.05) is 0 Å². The van der Waals surface area contributed by atoms with Crippen LogP contribution < -0.4 is 5.73 Å². The van der Waals surface area contributed by atoms with Crippen molar-refractivity contribution in [3.05, 3.63) is 0 Å². The predicted octanol–water partition coefficient (Wildman–Crippen LogP) is 3.57. The van der Waals surface area contributed by atoms with Gasteiger partial charge in [-0.05, 0) is 68.6 Å². The number of nitrogens with zero attached hydrogens (tertiary/aromatic N) is 1. The van der Waals surface area contributed by atoms with Gasteiger partial charge in [-0.15, -0.1) is 0 Å². The van der Waals surface area contributed by atoms with Crippen LogP contribution in [0.15, 0.2) is 0 Å². The van der Waals surface area contributed by atoms with Gasteiger partial charge in [0, 0.05) is 25.0 Å². The van der Waals surface area contributed by atoms with Gasteiger partial charge in [-0.25, -0.2) is 0 Å². The van der Waals surface area contributed by atoms with E-state index in [9.17, 15) is 4.79 Å². The number of amides is 1. The van der Waals surface area contributed by atoms with E-state index in [0.29, 0.717) is 35.2 Å². The molecular weight excluding hydrogens is 272 g/mol. The lowest BCUT2D eigenvalue weighted by Gasteiger charge is -2.45. The molecule has 3 nitrogen and oxygen atoms in total. The largest absolute Gasteiger partial charge is 0.343 e. The van der Waals surface area contributed by atoms with Gasteiger partial charge in [0.05, 0.1) is 0 Å². The van der Waals surface area contributed by atoms with Gasteiger partial charge in [-0.3, -0.25) is 4.79 Å². The van der Waals surface area contributed by atoms with Gasteiger partial charge in [0.25, 0.3) is 0 Å². The minimum Gasteiger partial charge on any atom is -0.343 e. The Morgan fingerprint density at radius 1 is 1.05 bits per heavy atom. The van der Waals surface area contributed by atoms with Crippen molar-refractivity contribution in [2.45, 2.75) is 83.7 Å². The molecule has 3 fully saturated rings. The molecular formula is C19H34N2O. The molecule has 126 valence electrons. The molecule has 0 aromatic rings. The number of carbonyl (C=O) groups excluding carboxylic acids is 1. The fourth-order valence-corrected chi connectivity index (χ4v) is 5.23. The lowest BCUT2D eigenvalue weighted by atomic mass is 9.64. The number of hydrogen-bond donors (Lipinski definition) is 1. The van der Waals surface area contributed by atoms with E-state index >= 15 is 0 Å². The summed E-state index contributed by atoms with van der Waals surface area (Å²) in [5, 5.41) is 0. The van der Waals surface area contributed by atoms with Crippen LogP contribution in [0.3, 0.4) is 0 Å². The molecule has 0 spiro atoms. The summed E-state index contributed by atoms with van der Waals surface area (Å²) in [5.74, 6) is 1.85. The summed E-state index contributed by atoms with van der Waals surface area (Å²) in [5.41, 5.74) is 6.84. The Labute approximate surface area is 136 Å². The second kappa shape index (κ2) is 6.14. The fourth-order valence-electron chi connectivity index (χ4n) is 5.23. The van der Waals surface area contributed by atoms with Crippen molar-refractivity contribution in [3.63, 3.8) is 0 Å². The lowest BCUT2D eigenvalue weighted by molar-refractivity contribution is -0.140. The van der Waals surface area contributed by atoms with Gasteiger partial charge >= 0.3 is 0 Å². The van der Waals surface area contributed by atoms with Crippen LogP contribution in [0.2, 0.25) is 0 Å². The van der Waals surface area contributed by atoms with E-state index in [-0.39, 0.29) is 5.92 Å². The highest BCUT2D eigenvalue weighted by atomic mass is 16.2. The number of hydrogen-bond acceptors (Lipinski definition) is 2. The zero-order valence-corrected chi connectivity index (χ0v) is 14.7. The topological polar surface area (TPSA) is 46.3 Å². The van der Waals surface area contributed by atoms with E-state index in [1.54, 1.807) is 0 Å². The van der Waals surface area contributed by atoms with E-state index in [1.165, 1.54) is 44.9 Å². The predicted molar refractivity (Wildman–Crippen MR) is 90.3 cm³/mol. The summed E-state index contributed by atoms with van der Waals surface area (Å²) in [6.07, 6.45) is 10.7. The van der Waals surface area contributed by atoms with Gasteiger partial charge in [0.1, 0.15) is 0 Å². The Morgan fingerprint density at radius 3 is 2.14 bits per heavy atom. The molecule has 22 heavy (non-hydrogen) atoms. The van der Waals surface area contributed by atoms with E-state index < -0.39 is 0 Å². The monoisotopic (exact) mass is 306 g/mol. The molecule has 0 radical (unpaired) electrons. The summed E-state index contributed by atoms with van der Waals surface area (Å²) in [7, 11) is 2.05. The molecule has 3 heteroatoms. The molecule has 0 aromatic carbocycles. The zero-order chi connectivity index (χ0) is 15.9. The second-order valence-corrected chi connectivity index (χ2v) is 9.04. The van der Waals surface area contributed by atoms with E-state index in [4.69, 9.17) is 5.73 Å². The smallest absolute Gasteiger partial charge is 0.225 e. The third kappa shape index (κ3) is 3.20. The first-order valence-electron chi connectivity index (χ1n) is 9.39. The first-order valence-corrected chi connectivity index (χ1v) is 9.39. The van der Waals surface area contributed by atoms with Crippen LogP contribution in [0, 0.1) is 23.2 Å². The summed E-state index contributed by atoms with van der Waals surface area (Å²) < 4.78 is 0. The Kier molecular flexibility index (Phi) is 4.55. The highest BCUT2D eigenvalue weighted by molar-refractivity contribution is 5.79. The van der Waals surface area contributed by atoms with Crippen molar-refractivity contribution in [1.29, 1.82) is 0 Å². The normalized spacial score (nSPS) is 38.5. The van der Waals surface area contributed by atoms with Gasteiger partial charge in [-0.1, -0.05) is 20.3 Å². The molecule has 3 saturated carbocycles. The molecule has 0 aromatic heterocycles. The standard InChI is InChI=1S/C19H34N2O/c1-19(2)9-7-16(8-10-19)21(3)18(22)15-11-13-5-4-6-14(12-15)17(13)20/h13-17H,4-12,20H2,1-3H3. The molecule has 2 bridgehead atoms. The van der Waals surface area contributed by atoms with Gasteiger partial charge < -0.3 is 10.6 Å². The van der Waals surface area contributed by atoms with Crippen molar-refractivity contribution in [1.82, 2.24) is 4.90 Å². The molecule has 2 unspecified atom stereocenters. The molecule has 3 rings (SSSR count). The number of carbonyl (C=O) groups is 1. The van der Waals surface area contributed by atoms with Crippen molar-refractivity contribution in [2.24, 2.45) is 28.9 Å². The average Bonchev–Trinajstić information content (AvgIpc) is 2.45. The Balaban J connectivity index is 1.59. The molecule has 2 atom stereocenters. The van der Waals surface area contributed by atoms with Crippen LogP contribution in [0.5, 0.6) is 0 Å². The molecule has 3 aliphatic rings. The maximum atomic E-state index is 13.0. The van der Waals surface area contributed by atoms with Crippen molar-refractivity contribution >= 4 is 5.91 Å². The SMILES string of the molecule is CN(C(=O)C1CC2CCCC(C1)C2N)C1CCC(C)(C)CC1. The van der Waals surface area contributed by atoms with E-state index in [0.717, 1.165) is 12.8 Å². The zero-order valence-electron chi connectivity index (χ0n) is 14.7. The van der Waals surface area contributed by atoms with Crippen LogP contribution in [-0.2, 0) is 4.79 Å². The fraction of sp³-hybridized carbons (Fsp3) is 0.947. The minimum absolute atomic E-state index is 0.245. The summed E-state index contributed by atoms with van der Waals surface area (Å²) in [6, 6.07) is 0.828. The van der Waals surface area contributed by atoms with Crippen molar-refractivity contribution in [2.75, 3.05) is 7.05 Å². The molecule has 3 aliphatic carbocycles. The lowest BCUT2D eigenvalue weighted by Crippen LogP contribution is -2.51. The van der Waals surface area contributed by atoms with Crippen molar-refractivity contribution in [3.8, 4) is 0 Å². The molecule has 0 heterocycles. The highest BCUT2D eigenvalue weighted by Crippen LogP contribution is 2.43. The molecule has 0 aliphatic heterocycles. The quantitative estimate of drug-likeness (QED) is 0.848. The number of rotatable bonds is 2. The molecule has 1 amide bonds. The first-order chi connectivity index (χ1) is 10.4. The number of nitrogens with two attached hydrogens (primary N) is 1. The second-order valence-electron chi connectivity index (χ2n) is 9.04. The third-order valence-corrected chi connectivity index (χ3v) is 6.97. The Morgan fingerprint density at radius 2 is 1.59 bits per heavy atom. The van der Waals surface area contributed by atoms with Crippen LogP contribution in [0.25, 0.3) is 0 Å². The van der Waals surface area contributed by atoms with Crippen LogP contribution in [0.1, 0.15) is 71.6 Å². The van der Waals surface area contributed by atoms with Gasteiger partial charge in [0.2, 0.25) is 5.91 Å². The Bertz CT molecular complexity index is 396. The van der Waals surface area contributed by atoms with Crippen LogP contribution in [-0.4, -0.2) is 29.9 Å². The summed E-state index contributed by atoms with van der Waals surface area (Å²) in [4.78, 5) is 15.1.